The molecule has 0 saturated heterocycles. The molecular formula is C14H22N2O. The fraction of sp³-hybridized carbons (Fsp3) is 0.500. The third-order valence-electron chi connectivity index (χ3n) is 2.64. The summed E-state index contributed by atoms with van der Waals surface area (Å²) in [6.45, 7) is 9.22. The summed E-state index contributed by atoms with van der Waals surface area (Å²) in [5, 5.41) is 5.99. The van der Waals surface area contributed by atoms with Crippen molar-refractivity contribution in [2.75, 3.05) is 6.54 Å². The molecule has 0 spiro atoms. The quantitative estimate of drug-likeness (QED) is 0.817. The Balaban J connectivity index is 2.36. The van der Waals surface area contributed by atoms with Crippen molar-refractivity contribution in [1.29, 1.82) is 0 Å². The van der Waals surface area contributed by atoms with Crippen LogP contribution < -0.4 is 10.6 Å². The highest BCUT2D eigenvalue weighted by atomic mass is 16.1. The SMILES string of the molecule is Cc1ccc(CNCC(=O)NC(C)C)cc1C. The normalized spacial score (nSPS) is 10.6. The highest BCUT2D eigenvalue weighted by molar-refractivity contribution is 5.78. The van der Waals surface area contributed by atoms with Crippen LogP contribution in [0.25, 0.3) is 0 Å². The van der Waals surface area contributed by atoms with Crippen LogP contribution >= 0.6 is 0 Å². The standard InChI is InChI=1S/C14H22N2O/c1-10(2)16-14(17)9-15-8-13-6-5-11(3)12(4)7-13/h5-7,10,15H,8-9H2,1-4H3,(H,16,17). The number of hydrogen-bond acceptors (Lipinski definition) is 2. The maximum Gasteiger partial charge on any atom is 0.234 e. The first-order valence-corrected chi connectivity index (χ1v) is 6.05. The molecule has 0 unspecified atom stereocenters. The van der Waals surface area contributed by atoms with Gasteiger partial charge in [0, 0.05) is 12.6 Å². The summed E-state index contributed by atoms with van der Waals surface area (Å²) >= 11 is 0. The maximum atomic E-state index is 11.4. The van der Waals surface area contributed by atoms with Gasteiger partial charge in [-0.05, 0) is 44.4 Å². The minimum absolute atomic E-state index is 0.0452. The lowest BCUT2D eigenvalue weighted by Crippen LogP contribution is -2.37. The van der Waals surface area contributed by atoms with Crippen molar-refractivity contribution >= 4 is 5.91 Å². The first-order chi connectivity index (χ1) is 7.99. The van der Waals surface area contributed by atoms with Crippen LogP contribution in [-0.4, -0.2) is 18.5 Å². The summed E-state index contributed by atoms with van der Waals surface area (Å²) in [5.74, 6) is 0.0452. The van der Waals surface area contributed by atoms with Crippen LogP contribution in [0.4, 0.5) is 0 Å². The van der Waals surface area contributed by atoms with Gasteiger partial charge in [0.1, 0.15) is 0 Å². The fourth-order valence-corrected chi connectivity index (χ4v) is 1.61. The molecule has 1 rings (SSSR count). The van der Waals surface area contributed by atoms with Crippen molar-refractivity contribution in [3.05, 3.63) is 34.9 Å². The summed E-state index contributed by atoms with van der Waals surface area (Å²) in [6.07, 6.45) is 0. The number of nitrogens with one attached hydrogen (secondary N) is 2. The molecule has 0 heterocycles. The molecule has 3 nitrogen and oxygen atoms in total. The van der Waals surface area contributed by atoms with Gasteiger partial charge in [0.15, 0.2) is 0 Å². The van der Waals surface area contributed by atoms with E-state index in [0.29, 0.717) is 6.54 Å². The summed E-state index contributed by atoms with van der Waals surface area (Å²) in [7, 11) is 0. The topological polar surface area (TPSA) is 41.1 Å². The first-order valence-electron chi connectivity index (χ1n) is 6.05. The minimum atomic E-state index is 0.0452. The summed E-state index contributed by atoms with van der Waals surface area (Å²) < 4.78 is 0. The number of aryl methyl sites for hydroxylation is 2. The van der Waals surface area contributed by atoms with E-state index in [0.717, 1.165) is 6.54 Å². The third kappa shape index (κ3) is 5.00. The number of rotatable bonds is 5. The van der Waals surface area contributed by atoms with Crippen molar-refractivity contribution in [1.82, 2.24) is 10.6 Å². The highest BCUT2D eigenvalue weighted by Gasteiger charge is 2.02. The lowest BCUT2D eigenvalue weighted by atomic mass is 10.1. The molecule has 0 saturated carbocycles. The average molecular weight is 234 g/mol. The number of benzene rings is 1. The molecular weight excluding hydrogens is 212 g/mol. The summed E-state index contributed by atoms with van der Waals surface area (Å²) in [4.78, 5) is 11.4. The molecule has 0 aliphatic heterocycles. The van der Waals surface area contributed by atoms with Crippen LogP contribution in [-0.2, 0) is 11.3 Å². The molecule has 0 radical (unpaired) electrons. The van der Waals surface area contributed by atoms with E-state index in [1.54, 1.807) is 0 Å². The first kappa shape index (κ1) is 13.7. The largest absolute Gasteiger partial charge is 0.353 e. The van der Waals surface area contributed by atoms with Gasteiger partial charge in [0.2, 0.25) is 5.91 Å². The zero-order valence-electron chi connectivity index (χ0n) is 11.1. The average Bonchev–Trinajstić information content (AvgIpc) is 2.22. The fourth-order valence-electron chi connectivity index (χ4n) is 1.61. The van der Waals surface area contributed by atoms with Gasteiger partial charge in [-0.15, -0.1) is 0 Å². The maximum absolute atomic E-state index is 11.4. The van der Waals surface area contributed by atoms with Gasteiger partial charge in [-0.3, -0.25) is 4.79 Å². The lowest BCUT2D eigenvalue weighted by Gasteiger charge is -2.10. The van der Waals surface area contributed by atoms with E-state index >= 15 is 0 Å². The zero-order valence-corrected chi connectivity index (χ0v) is 11.1. The Kier molecular flexibility index (Phi) is 5.16. The molecule has 0 aliphatic rings. The van der Waals surface area contributed by atoms with E-state index < -0.39 is 0 Å². The zero-order chi connectivity index (χ0) is 12.8. The molecule has 1 aromatic carbocycles. The van der Waals surface area contributed by atoms with Crippen molar-refractivity contribution in [3.63, 3.8) is 0 Å². The Morgan fingerprint density at radius 1 is 1.24 bits per heavy atom. The van der Waals surface area contributed by atoms with Gasteiger partial charge in [0.25, 0.3) is 0 Å². The number of amides is 1. The van der Waals surface area contributed by atoms with Gasteiger partial charge in [-0.2, -0.15) is 0 Å². The molecule has 17 heavy (non-hydrogen) atoms. The van der Waals surface area contributed by atoms with Gasteiger partial charge < -0.3 is 10.6 Å². The van der Waals surface area contributed by atoms with Gasteiger partial charge in [-0.1, -0.05) is 18.2 Å². The van der Waals surface area contributed by atoms with Crippen molar-refractivity contribution in [2.45, 2.75) is 40.3 Å². The van der Waals surface area contributed by atoms with Gasteiger partial charge in [0.05, 0.1) is 6.54 Å². The van der Waals surface area contributed by atoms with Crippen molar-refractivity contribution in [2.24, 2.45) is 0 Å². The Labute approximate surface area is 104 Å². The van der Waals surface area contributed by atoms with Crippen LogP contribution in [0.2, 0.25) is 0 Å². The monoisotopic (exact) mass is 234 g/mol. The number of carbonyl (C=O) groups is 1. The van der Waals surface area contributed by atoms with Crippen LogP contribution in [0.5, 0.6) is 0 Å². The molecule has 94 valence electrons. The predicted molar refractivity (Wildman–Crippen MR) is 70.9 cm³/mol. The predicted octanol–water partition coefficient (Wildman–Crippen LogP) is 1.92. The molecule has 1 aromatic rings. The minimum Gasteiger partial charge on any atom is -0.353 e. The molecule has 2 N–H and O–H groups in total. The van der Waals surface area contributed by atoms with Crippen LogP contribution in [0, 0.1) is 13.8 Å². The van der Waals surface area contributed by atoms with E-state index in [2.05, 4.69) is 42.7 Å². The summed E-state index contributed by atoms with van der Waals surface area (Å²) in [5.41, 5.74) is 3.80. The van der Waals surface area contributed by atoms with E-state index in [9.17, 15) is 4.79 Å². The van der Waals surface area contributed by atoms with Crippen LogP contribution in [0.15, 0.2) is 18.2 Å². The second kappa shape index (κ2) is 6.40. The van der Waals surface area contributed by atoms with Gasteiger partial charge in [-0.25, -0.2) is 0 Å². The molecule has 1 amide bonds. The Morgan fingerprint density at radius 2 is 1.94 bits per heavy atom. The van der Waals surface area contributed by atoms with E-state index in [1.807, 2.05) is 13.8 Å². The molecule has 0 aromatic heterocycles. The van der Waals surface area contributed by atoms with Gasteiger partial charge >= 0.3 is 0 Å². The van der Waals surface area contributed by atoms with E-state index in [4.69, 9.17) is 0 Å². The molecule has 0 atom stereocenters. The second-order valence-electron chi connectivity index (χ2n) is 4.74. The van der Waals surface area contributed by atoms with Crippen molar-refractivity contribution < 1.29 is 4.79 Å². The molecule has 0 bridgehead atoms. The number of carbonyl (C=O) groups excluding carboxylic acids is 1. The smallest absolute Gasteiger partial charge is 0.234 e. The Hall–Kier alpha value is -1.35. The van der Waals surface area contributed by atoms with E-state index in [1.165, 1.54) is 16.7 Å². The molecule has 0 aliphatic carbocycles. The Bertz CT molecular complexity index is 386. The summed E-state index contributed by atoms with van der Waals surface area (Å²) in [6, 6.07) is 6.56. The lowest BCUT2D eigenvalue weighted by molar-refractivity contribution is -0.120. The third-order valence-corrected chi connectivity index (χ3v) is 2.64. The van der Waals surface area contributed by atoms with E-state index in [-0.39, 0.29) is 11.9 Å². The van der Waals surface area contributed by atoms with Crippen molar-refractivity contribution in [3.8, 4) is 0 Å². The highest BCUT2D eigenvalue weighted by Crippen LogP contribution is 2.09. The van der Waals surface area contributed by atoms with Crippen LogP contribution in [0.3, 0.4) is 0 Å². The number of hydrogen-bond donors (Lipinski definition) is 2. The Morgan fingerprint density at radius 3 is 2.53 bits per heavy atom. The molecule has 3 heteroatoms. The van der Waals surface area contributed by atoms with Crippen LogP contribution in [0.1, 0.15) is 30.5 Å². The molecule has 0 fully saturated rings. The second-order valence-corrected chi connectivity index (χ2v) is 4.74.